The van der Waals surface area contributed by atoms with E-state index in [9.17, 15) is 0 Å². The van der Waals surface area contributed by atoms with Crippen molar-refractivity contribution in [3.8, 4) is 0 Å². The summed E-state index contributed by atoms with van der Waals surface area (Å²) in [5.74, 6) is -0.184. The highest BCUT2D eigenvalue weighted by molar-refractivity contribution is 6.30. The minimum Gasteiger partial charge on any atom is -0.362 e. The number of hydrogen-bond acceptors (Lipinski definition) is 4. The Bertz CT molecular complexity index is 1030. The largest absolute Gasteiger partial charge is 0.362 e. The van der Waals surface area contributed by atoms with Crippen molar-refractivity contribution in [3.05, 3.63) is 64.3 Å². The van der Waals surface area contributed by atoms with E-state index < -0.39 is 17.0 Å². The summed E-state index contributed by atoms with van der Waals surface area (Å²) in [5.41, 5.74) is 0.323. The van der Waals surface area contributed by atoms with Gasteiger partial charge in [-0.3, -0.25) is 4.99 Å². The molecular weight excluding hydrogens is 408 g/mol. The summed E-state index contributed by atoms with van der Waals surface area (Å²) in [6.45, 7) is 5.53. The smallest absolute Gasteiger partial charge is 0.171 e. The molecule has 1 saturated heterocycles. The van der Waals surface area contributed by atoms with Gasteiger partial charge in [-0.15, -0.1) is 0 Å². The SMILES string of the molecule is C/C=C\C(=NC)N1C[C@](C)(c2cccc(Cl)c2F)c2c1cnc(NC1CNC1)c2F. The van der Waals surface area contributed by atoms with Crippen LogP contribution in [0.3, 0.4) is 0 Å². The molecule has 1 aromatic heterocycles. The van der Waals surface area contributed by atoms with Crippen molar-refractivity contribution in [2.45, 2.75) is 25.3 Å². The number of allylic oxidation sites excluding steroid dienone is 1. The fourth-order valence-electron chi connectivity index (χ4n) is 4.16. The second kappa shape index (κ2) is 7.96. The van der Waals surface area contributed by atoms with Crippen LogP contribution in [0.5, 0.6) is 0 Å². The highest BCUT2D eigenvalue weighted by Gasteiger charge is 2.46. The summed E-state index contributed by atoms with van der Waals surface area (Å²) in [7, 11) is 1.67. The first-order valence-corrected chi connectivity index (χ1v) is 10.3. The van der Waals surface area contributed by atoms with Crippen LogP contribution in [0.4, 0.5) is 20.3 Å². The maximum Gasteiger partial charge on any atom is 0.171 e. The number of pyridine rings is 1. The Balaban J connectivity index is 1.91. The highest BCUT2D eigenvalue weighted by Crippen LogP contribution is 2.48. The second-order valence-electron chi connectivity index (χ2n) is 7.78. The van der Waals surface area contributed by atoms with E-state index in [2.05, 4.69) is 20.6 Å². The molecule has 0 bridgehead atoms. The van der Waals surface area contributed by atoms with Crippen molar-refractivity contribution in [3.63, 3.8) is 0 Å². The third-order valence-electron chi connectivity index (χ3n) is 5.81. The average Bonchev–Trinajstić information content (AvgIpc) is 3.00. The number of rotatable bonds is 4. The third-order valence-corrected chi connectivity index (χ3v) is 6.10. The van der Waals surface area contributed by atoms with Crippen LogP contribution in [0.15, 0.2) is 41.5 Å². The van der Waals surface area contributed by atoms with Crippen LogP contribution in [-0.2, 0) is 5.41 Å². The predicted octanol–water partition coefficient (Wildman–Crippen LogP) is 4.13. The summed E-state index contributed by atoms with van der Waals surface area (Å²) in [5, 5.41) is 6.30. The van der Waals surface area contributed by atoms with Crippen molar-refractivity contribution >= 4 is 28.9 Å². The van der Waals surface area contributed by atoms with Crippen molar-refractivity contribution in [1.82, 2.24) is 10.3 Å². The van der Waals surface area contributed by atoms with Gasteiger partial charge in [0.05, 0.1) is 22.9 Å². The van der Waals surface area contributed by atoms with Gasteiger partial charge in [0.2, 0.25) is 0 Å². The van der Waals surface area contributed by atoms with E-state index in [0.717, 1.165) is 13.1 Å². The van der Waals surface area contributed by atoms with E-state index in [0.29, 0.717) is 29.2 Å². The molecule has 0 radical (unpaired) electrons. The molecular formula is C22H24ClF2N5. The Kier molecular flexibility index (Phi) is 5.51. The van der Waals surface area contributed by atoms with Crippen molar-refractivity contribution in [1.29, 1.82) is 0 Å². The third kappa shape index (κ3) is 3.26. The van der Waals surface area contributed by atoms with Gasteiger partial charge in [-0.25, -0.2) is 13.8 Å². The molecule has 158 valence electrons. The number of hydrogen-bond donors (Lipinski definition) is 2. The summed E-state index contributed by atoms with van der Waals surface area (Å²) in [6, 6.07) is 4.96. The lowest BCUT2D eigenvalue weighted by Crippen LogP contribution is -2.51. The van der Waals surface area contributed by atoms with Crippen LogP contribution in [0, 0.1) is 11.6 Å². The maximum absolute atomic E-state index is 15.8. The number of nitrogens with zero attached hydrogens (tertiary/aromatic N) is 3. The van der Waals surface area contributed by atoms with Gasteiger partial charge in [-0.05, 0) is 26.0 Å². The first kappa shape index (κ1) is 20.8. The number of halogens is 3. The van der Waals surface area contributed by atoms with Gasteiger partial charge < -0.3 is 15.5 Å². The summed E-state index contributed by atoms with van der Waals surface area (Å²) in [6.07, 6.45) is 5.34. The summed E-state index contributed by atoms with van der Waals surface area (Å²) < 4.78 is 30.9. The quantitative estimate of drug-likeness (QED) is 0.564. The summed E-state index contributed by atoms with van der Waals surface area (Å²) >= 11 is 6.07. The first-order chi connectivity index (χ1) is 14.4. The molecule has 8 heteroatoms. The van der Waals surface area contributed by atoms with Gasteiger partial charge in [-0.1, -0.05) is 29.8 Å². The van der Waals surface area contributed by atoms with Crippen molar-refractivity contribution < 1.29 is 8.78 Å². The van der Waals surface area contributed by atoms with Crippen molar-refractivity contribution in [2.75, 3.05) is 36.9 Å². The number of fused-ring (bicyclic) bond motifs is 1. The molecule has 0 amide bonds. The van der Waals surface area contributed by atoms with Crippen LogP contribution >= 0.6 is 11.6 Å². The molecule has 5 nitrogen and oxygen atoms in total. The molecule has 30 heavy (non-hydrogen) atoms. The minimum atomic E-state index is -0.983. The normalized spacial score (nSPS) is 21.8. The van der Waals surface area contributed by atoms with Crippen LogP contribution in [0.1, 0.15) is 25.0 Å². The van der Waals surface area contributed by atoms with Gasteiger partial charge >= 0.3 is 0 Å². The van der Waals surface area contributed by atoms with Gasteiger partial charge in [0, 0.05) is 43.2 Å². The molecule has 0 unspecified atom stereocenters. The number of aliphatic imine (C=N–C) groups is 1. The summed E-state index contributed by atoms with van der Waals surface area (Å²) in [4.78, 5) is 10.6. The standard InChI is InChI=1S/C22H24ClF2N5/c1-4-6-17(26-3)30-12-22(2,14-7-5-8-15(23)19(14)24)18-16(30)11-28-21(20(18)25)29-13-9-27-10-13/h4-8,11,13,27H,9-10,12H2,1-3H3,(H,28,29)/b6-4-,26-17?/t22-/m1/s1. The van der Waals surface area contributed by atoms with E-state index in [1.54, 1.807) is 25.4 Å². The Labute approximate surface area is 179 Å². The molecule has 2 aliphatic heterocycles. The van der Waals surface area contributed by atoms with E-state index in [1.807, 2.05) is 30.9 Å². The average molecular weight is 432 g/mol. The monoisotopic (exact) mass is 431 g/mol. The van der Waals surface area contributed by atoms with E-state index in [4.69, 9.17) is 11.6 Å². The zero-order valence-corrected chi connectivity index (χ0v) is 17.9. The van der Waals surface area contributed by atoms with Gasteiger partial charge in [-0.2, -0.15) is 0 Å². The van der Waals surface area contributed by atoms with Crippen LogP contribution < -0.4 is 15.5 Å². The van der Waals surface area contributed by atoms with E-state index in [1.165, 1.54) is 6.07 Å². The zero-order chi connectivity index (χ0) is 21.5. The number of aromatic nitrogens is 1. The lowest BCUT2D eigenvalue weighted by atomic mass is 9.77. The van der Waals surface area contributed by atoms with E-state index >= 15 is 8.78 Å². The fraction of sp³-hybridized carbons (Fsp3) is 0.364. The maximum atomic E-state index is 15.8. The van der Waals surface area contributed by atoms with Gasteiger partial charge in [0.25, 0.3) is 0 Å². The second-order valence-corrected chi connectivity index (χ2v) is 8.19. The number of benzene rings is 1. The predicted molar refractivity (Wildman–Crippen MR) is 118 cm³/mol. The van der Waals surface area contributed by atoms with Gasteiger partial charge in [0.15, 0.2) is 11.6 Å². The van der Waals surface area contributed by atoms with Crippen LogP contribution in [0.25, 0.3) is 0 Å². The lowest BCUT2D eigenvalue weighted by Gasteiger charge is -2.30. The molecule has 2 aliphatic rings. The number of nitrogens with one attached hydrogen (secondary N) is 2. The zero-order valence-electron chi connectivity index (χ0n) is 17.1. The van der Waals surface area contributed by atoms with Crippen LogP contribution in [0.2, 0.25) is 5.02 Å². The van der Waals surface area contributed by atoms with Crippen LogP contribution in [-0.4, -0.2) is 43.5 Å². The molecule has 0 saturated carbocycles. The molecule has 3 heterocycles. The fourth-order valence-corrected chi connectivity index (χ4v) is 4.34. The molecule has 2 N–H and O–H groups in total. The molecule has 1 aromatic carbocycles. The Hall–Kier alpha value is -2.51. The molecule has 1 fully saturated rings. The molecule has 2 aromatic rings. The first-order valence-electron chi connectivity index (χ1n) is 9.88. The number of anilines is 2. The minimum absolute atomic E-state index is 0.0138. The van der Waals surface area contributed by atoms with Gasteiger partial charge in [0.1, 0.15) is 11.7 Å². The Morgan fingerprint density at radius 1 is 1.37 bits per heavy atom. The molecule has 1 atom stereocenters. The number of amidine groups is 1. The lowest BCUT2D eigenvalue weighted by molar-refractivity contribution is 0.465. The molecule has 0 spiro atoms. The highest BCUT2D eigenvalue weighted by atomic mass is 35.5. The van der Waals surface area contributed by atoms with E-state index in [-0.39, 0.29) is 16.9 Å². The molecule has 0 aliphatic carbocycles. The molecule has 4 rings (SSSR count). The van der Waals surface area contributed by atoms with Crippen molar-refractivity contribution in [2.24, 2.45) is 4.99 Å². The Morgan fingerprint density at radius 3 is 2.77 bits per heavy atom. The topological polar surface area (TPSA) is 52.6 Å². The Morgan fingerprint density at radius 2 is 2.13 bits per heavy atom.